The Hall–Kier alpha value is -0.550. The Morgan fingerprint density at radius 3 is 1.63 bits per heavy atom. The molecule has 0 radical (unpaired) electrons. The van der Waals surface area contributed by atoms with Crippen molar-refractivity contribution in [2.24, 2.45) is 40.4 Å². The van der Waals surface area contributed by atoms with Gasteiger partial charge in [0.1, 0.15) is 128 Å². The summed E-state index contributed by atoms with van der Waals surface area (Å²) in [6, 6.07) is 0. The van der Waals surface area contributed by atoms with Crippen molar-refractivity contribution in [2.45, 2.75) is 315 Å². The standard InChI is InChI=1S/C62H102O33S.Na/c1-21(2)15-31-53(86-31)62(8,78)35-10-9-27-26-17-30(29-16-25(95-96(79,80)81)11-13-60(29,6)28(26)12-14-61(27,35)7)87-56-47(76)50(38(67)23(4)84-56)92-58-51(93-54-45(74)42(71)36(65)22(3)83-54)41(70)34(20-82-58)90-59-52(44(73)40(69)33(19-64)89-59)94-57-48(77)49(37(66)24(5)85-57)91-55-46(75)43(72)39(68)32(18-63)88-55;/h12,21-27,29-59,63-78H,9-11,13-20H2,1-8H3,(H,79,80,81);/q;+1/p-1/t22?,23?,24?,25-,26?,27?,29?,30-,31-,32?,33?,34?,35-,36?,37?,38?,39?,40?,41?,42?,43?,44?,45?,46?,47?,48?,49?,50?,51?,52?,53+,54?,55?,56?,57?,58?,59?,60+,61-,62+;/m0./s1. The first-order valence-corrected chi connectivity index (χ1v) is 35.0. The molecule has 33 nitrogen and oxygen atoms in total. The van der Waals surface area contributed by atoms with Crippen LogP contribution in [0.4, 0.5) is 0 Å². The maximum atomic E-state index is 12.5. The van der Waals surface area contributed by atoms with Crippen molar-refractivity contribution in [3.63, 3.8) is 0 Å². The van der Waals surface area contributed by atoms with Crippen molar-refractivity contribution < 1.29 is 190 Å². The van der Waals surface area contributed by atoms with Gasteiger partial charge < -0.3 is 148 Å². The van der Waals surface area contributed by atoms with Gasteiger partial charge in [0.25, 0.3) is 0 Å². The SMILES string of the molecule is CC(C)C[C@@H]1O[C@H]1[C@](C)(O)[C@H]1CCC2C3C[C@H](OC4OC(C)C(O)C(OC5OCC(OC6OC(CO)C(O)C(O)C6OC6OC(C)C(O)C(OC7OC(CO)C(O)C(O)C7O)C6O)C(O)C5OC5OC(C)C(O)C(O)C5O)C4O)C4C[C@@H](OS(=O)(=O)[O-])CC[C@]4(C)C3=CC[C@@]21C.[Na+]. The second-order valence-corrected chi connectivity index (χ2v) is 30.7. The van der Waals surface area contributed by atoms with E-state index in [-0.39, 0.29) is 72.4 Å². The molecule has 3 saturated carbocycles. The van der Waals surface area contributed by atoms with E-state index in [9.17, 15) is 94.7 Å². The Morgan fingerprint density at radius 2 is 1.05 bits per heavy atom. The number of fused-ring (bicyclic) bond motifs is 5. The van der Waals surface area contributed by atoms with E-state index in [0.717, 1.165) is 24.8 Å². The third-order valence-corrected chi connectivity index (χ3v) is 23.5. The molecule has 7 heterocycles. The van der Waals surface area contributed by atoms with E-state index in [0.29, 0.717) is 25.2 Å². The Morgan fingerprint density at radius 1 is 0.557 bits per heavy atom. The number of hydrogen-bond donors (Lipinski definition) is 16. The topological polar surface area (TPSA) is 513 Å². The first-order chi connectivity index (χ1) is 45.0. The zero-order valence-corrected chi connectivity index (χ0v) is 58.6. The average molecular weight is 1430 g/mol. The molecule has 0 spiro atoms. The second-order valence-electron chi connectivity index (χ2n) is 29.7. The van der Waals surface area contributed by atoms with Gasteiger partial charge in [0, 0.05) is 0 Å². The molecule has 32 unspecified atom stereocenters. The van der Waals surface area contributed by atoms with E-state index < -0.39 is 243 Å². The van der Waals surface area contributed by atoms with E-state index in [1.807, 2.05) is 6.92 Å². The smallest absolute Gasteiger partial charge is 0.726 e. The van der Waals surface area contributed by atoms with Crippen LogP contribution in [0.5, 0.6) is 0 Å². The predicted molar refractivity (Wildman–Crippen MR) is 315 cm³/mol. The van der Waals surface area contributed by atoms with Crippen molar-refractivity contribution in [1.82, 2.24) is 0 Å². The van der Waals surface area contributed by atoms with E-state index >= 15 is 0 Å². The van der Waals surface area contributed by atoms with Crippen LogP contribution in [0.25, 0.3) is 0 Å². The minimum atomic E-state index is -5.15. The van der Waals surface area contributed by atoms with Gasteiger partial charge in [-0.2, -0.15) is 0 Å². The molecule has 7 aliphatic heterocycles. The molecule has 16 N–H and O–H groups in total. The number of ether oxygens (including phenoxy) is 13. The summed E-state index contributed by atoms with van der Waals surface area (Å²) < 4.78 is 121. The Balaban J connectivity index is 0.0000102. The van der Waals surface area contributed by atoms with E-state index in [2.05, 4.69) is 33.8 Å². The summed E-state index contributed by atoms with van der Waals surface area (Å²) in [5.41, 5.74) is -1.05. The van der Waals surface area contributed by atoms with Gasteiger partial charge in [-0.1, -0.05) is 39.3 Å². The molecule has 0 aromatic rings. The summed E-state index contributed by atoms with van der Waals surface area (Å²) in [7, 11) is -5.15. The largest absolute Gasteiger partial charge is 1.00 e. The third kappa shape index (κ3) is 15.4. The van der Waals surface area contributed by atoms with Crippen LogP contribution >= 0.6 is 0 Å². The van der Waals surface area contributed by atoms with E-state index in [1.165, 1.54) is 20.8 Å². The van der Waals surface area contributed by atoms with Gasteiger partial charge in [-0.15, -0.1) is 0 Å². The molecule has 35 heteroatoms. The number of rotatable bonds is 20. The van der Waals surface area contributed by atoms with E-state index in [1.54, 1.807) is 0 Å². The summed E-state index contributed by atoms with van der Waals surface area (Å²) in [6.07, 6.45) is -48.1. The molecule has 0 aromatic heterocycles. The fourth-order valence-corrected chi connectivity index (χ4v) is 18.1. The van der Waals surface area contributed by atoms with Crippen molar-refractivity contribution in [3.05, 3.63) is 11.6 Å². The van der Waals surface area contributed by atoms with Gasteiger partial charge in [-0.05, 0) is 119 Å². The van der Waals surface area contributed by atoms with Crippen LogP contribution in [0.1, 0.15) is 107 Å². The minimum Gasteiger partial charge on any atom is -0.726 e. The molecule has 7 saturated heterocycles. The number of hydrogen-bond acceptors (Lipinski definition) is 33. The Labute approximate surface area is 584 Å². The minimum absolute atomic E-state index is 0. The van der Waals surface area contributed by atoms with Crippen molar-refractivity contribution in [2.75, 3.05) is 19.8 Å². The predicted octanol–water partition coefficient (Wildman–Crippen LogP) is -8.38. The first-order valence-electron chi connectivity index (χ1n) is 33.6. The molecule has 0 amide bonds. The summed E-state index contributed by atoms with van der Waals surface area (Å²) in [5.74, 6) is -0.421. The molecule has 11 aliphatic rings. The molecule has 11 rings (SSSR count). The Kier molecular flexibility index (Phi) is 25.0. The fourth-order valence-electron chi connectivity index (χ4n) is 17.6. The van der Waals surface area contributed by atoms with Crippen LogP contribution in [0.15, 0.2) is 11.6 Å². The van der Waals surface area contributed by atoms with Gasteiger partial charge in [-0.25, -0.2) is 8.42 Å². The molecule has 40 atom stereocenters. The summed E-state index contributed by atoms with van der Waals surface area (Å²) in [4.78, 5) is 0. The molecule has 554 valence electrons. The number of allylic oxidation sites excluding steroid dienone is 2. The molecule has 4 aliphatic carbocycles. The maximum Gasteiger partial charge on any atom is 1.00 e. The van der Waals surface area contributed by atoms with Gasteiger partial charge >= 0.3 is 29.6 Å². The van der Waals surface area contributed by atoms with Crippen molar-refractivity contribution >= 4 is 10.4 Å². The summed E-state index contributed by atoms with van der Waals surface area (Å²) in [5, 5.41) is 180. The monoisotopic (exact) mass is 1430 g/mol. The van der Waals surface area contributed by atoms with Gasteiger partial charge in [0.15, 0.2) is 37.7 Å². The zero-order valence-electron chi connectivity index (χ0n) is 55.8. The van der Waals surface area contributed by atoms with Gasteiger partial charge in [0.05, 0.1) is 62.0 Å². The van der Waals surface area contributed by atoms with Gasteiger partial charge in [0.2, 0.25) is 10.4 Å². The Bertz CT molecular complexity index is 2760. The average Bonchev–Trinajstić information content (AvgIpc) is 1.65. The normalized spacial score (nSPS) is 53.2. The summed E-state index contributed by atoms with van der Waals surface area (Å²) in [6.45, 7) is 12.0. The van der Waals surface area contributed by atoms with Crippen molar-refractivity contribution in [1.29, 1.82) is 0 Å². The second kappa shape index (κ2) is 30.7. The maximum absolute atomic E-state index is 12.5. The van der Waals surface area contributed by atoms with Crippen LogP contribution in [0.2, 0.25) is 0 Å². The van der Waals surface area contributed by atoms with Crippen LogP contribution < -0.4 is 29.6 Å². The molecular formula is C62H101NaO33S. The molecular weight excluding hydrogens is 1330 g/mol. The molecule has 0 bridgehead atoms. The van der Waals surface area contributed by atoms with Gasteiger partial charge in [-0.3, -0.25) is 4.18 Å². The number of aliphatic hydroxyl groups excluding tert-OH is 15. The molecule has 97 heavy (non-hydrogen) atoms. The third-order valence-electron chi connectivity index (χ3n) is 23.0. The first kappa shape index (κ1) is 79.0. The van der Waals surface area contributed by atoms with Crippen LogP contribution in [-0.2, 0) is 76.2 Å². The van der Waals surface area contributed by atoms with E-state index in [4.69, 9.17) is 65.8 Å². The van der Waals surface area contributed by atoms with Crippen molar-refractivity contribution in [3.8, 4) is 0 Å². The van der Waals surface area contributed by atoms with Crippen LogP contribution in [-0.4, -0.2) is 323 Å². The van der Waals surface area contributed by atoms with Crippen LogP contribution in [0, 0.1) is 40.4 Å². The molecule has 0 aromatic carbocycles. The van der Waals surface area contributed by atoms with Crippen LogP contribution in [0.3, 0.4) is 0 Å². The fraction of sp³-hybridized carbons (Fsp3) is 0.968. The molecule has 10 fully saturated rings. The summed E-state index contributed by atoms with van der Waals surface area (Å²) >= 11 is 0. The number of aliphatic hydroxyl groups is 16. The zero-order chi connectivity index (χ0) is 69.9. The number of epoxide rings is 1. The quantitative estimate of drug-likeness (QED) is 0.0177.